The zero-order valence-corrected chi connectivity index (χ0v) is 11.8. The quantitative estimate of drug-likeness (QED) is 0.896. The Hall–Kier alpha value is -1.72. The molecular weight excluding hydrogens is 258 g/mol. The van der Waals surface area contributed by atoms with E-state index in [0.29, 0.717) is 6.54 Å². The first-order valence-electron chi connectivity index (χ1n) is 6.03. The molecule has 1 amide bonds. The lowest BCUT2D eigenvalue weighted by atomic mass is 9.92. The average Bonchev–Trinajstić information content (AvgIpc) is 2.82. The summed E-state index contributed by atoms with van der Waals surface area (Å²) < 4.78 is 0. The molecule has 0 fully saturated rings. The third-order valence-electron chi connectivity index (χ3n) is 3.10. The van der Waals surface area contributed by atoms with E-state index in [2.05, 4.69) is 10.3 Å². The van der Waals surface area contributed by atoms with Crippen LogP contribution in [0.4, 0.5) is 0 Å². The molecule has 1 atom stereocenters. The molecule has 0 saturated heterocycles. The molecule has 1 aromatic carbocycles. The van der Waals surface area contributed by atoms with Crippen molar-refractivity contribution in [2.24, 2.45) is 5.73 Å². The molecule has 5 heteroatoms. The van der Waals surface area contributed by atoms with Crippen LogP contribution in [0.3, 0.4) is 0 Å². The number of rotatable bonds is 4. The van der Waals surface area contributed by atoms with Crippen LogP contribution in [0.25, 0.3) is 0 Å². The number of aryl methyl sites for hydroxylation is 1. The Labute approximate surface area is 116 Å². The molecule has 2 rings (SSSR count). The second kappa shape index (κ2) is 5.50. The second-order valence-electron chi connectivity index (χ2n) is 4.61. The molecule has 0 radical (unpaired) electrons. The van der Waals surface area contributed by atoms with Gasteiger partial charge in [0.1, 0.15) is 5.54 Å². The average molecular weight is 275 g/mol. The van der Waals surface area contributed by atoms with Gasteiger partial charge in [-0.05, 0) is 19.4 Å². The molecule has 3 N–H and O–H groups in total. The Morgan fingerprint density at radius 2 is 2.11 bits per heavy atom. The Balaban J connectivity index is 2.05. The molecule has 2 aromatic rings. The first-order chi connectivity index (χ1) is 9.01. The minimum atomic E-state index is -1.03. The van der Waals surface area contributed by atoms with Gasteiger partial charge in [-0.15, -0.1) is 11.3 Å². The van der Waals surface area contributed by atoms with Gasteiger partial charge in [-0.2, -0.15) is 0 Å². The van der Waals surface area contributed by atoms with E-state index < -0.39 is 5.54 Å². The van der Waals surface area contributed by atoms with Gasteiger partial charge in [-0.25, -0.2) is 4.98 Å². The summed E-state index contributed by atoms with van der Waals surface area (Å²) in [6, 6.07) is 9.37. The summed E-state index contributed by atoms with van der Waals surface area (Å²) in [5.74, 6) is -0.188. The maximum Gasteiger partial charge on any atom is 0.244 e. The van der Waals surface area contributed by atoms with E-state index in [1.54, 1.807) is 12.4 Å². The minimum absolute atomic E-state index is 0.188. The van der Waals surface area contributed by atoms with E-state index in [9.17, 15) is 4.79 Å². The number of nitrogens with zero attached hydrogens (tertiary/aromatic N) is 1. The normalized spacial score (nSPS) is 13.8. The topological polar surface area (TPSA) is 68.0 Å². The fraction of sp³-hybridized carbons (Fsp3) is 0.286. The maximum absolute atomic E-state index is 12.2. The molecule has 0 aliphatic carbocycles. The number of benzene rings is 1. The smallest absolute Gasteiger partial charge is 0.244 e. The van der Waals surface area contributed by atoms with Crippen molar-refractivity contribution in [3.8, 4) is 0 Å². The Kier molecular flexibility index (Phi) is 3.97. The number of carbonyl (C=O) groups is 1. The minimum Gasteiger partial charge on any atom is -0.349 e. The van der Waals surface area contributed by atoms with Crippen LogP contribution in [-0.2, 0) is 16.9 Å². The summed E-state index contributed by atoms with van der Waals surface area (Å²) in [5, 5.41) is 2.87. The fourth-order valence-electron chi connectivity index (χ4n) is 1.76. The van der Waals surface area contributed by atoms with Crippen molar-refractivity contribution in [3.63, 3.8) is 0 Å². The van der Waals surface area contributed by atoms with Crippen LogP contribution in [0.15, 0.2) is 35.8 Å². The van der Waals surface area contributed by atoms with Crippen molar-refractivity contribution in [1.82, 2.24) is 10.3 Å². The lowest BCUT2D eigenvalue weighted by molar-refractivity contribution is -0.126. The monoisotopic (exact) mass is 275 g/mol. The number of hydrogen-bond donors (Lipinski definition) is 2. The van der Waals surface area contributed by atoms with Gasteiger partial charge in [0.05, 0.1) is 17.7 Å². The van der Waals surface area contributed by atoms with Crippen LogP contribution in [0.2, 0.25) is 0 Å². The lowest BCUT2D eigenvalue weighted by Gasteiger charge is -2.24. The van der Waals surface area contributed by atoms with Crippen LogP contribution in [0.5, 0.6) is 0 Å². The van der Waals surface area contributed by atoms with E-state index >= 15 is 0 Å². The third kappa shape index (κ3) is 3.00. The Morgan fingerprint density at radius 3 is 2.68 bits per heavy atom. The van der Waals surface area contributed by atoms with Crippen molar-refractivity contribution >= 4 is 17.2 Å². The molecule has 0 aliphatic heterocycles. The molecule has 19 heavy (non-hydrogen) atoms. The van der Waals surface area contributed by atoms with E-state index in [4.69, 9.17) is 5.73 Å². The second-order valence-corrected chi connectivity index (χ2v) is 5.55. The van der Waals surface area contributed by atoms with Crippen LogP contribution in [0, 0.1) is 6.92 Å². The van der Waals surface area contributed by atoms with Crippen molar-refractivity contribution in [1.29, 1.82) is 0 Å². The Morgan fingerprint density at radius 1 is 1.42 bits per heavy atom. The van der Waals surface area contributed by atoms with Gasteiger partial charge < -0.3 is 11.1 Å². The maximum atomic E-state index is 12.2. The number of aromatic nitrogens is 1. The highest BCUT2D eigenvalue weighted by atomic mass is 32.1. The van der Waals surface area contributed by atoms with Crippen LogP contribution >= 0.6 is 11.3 Å². The zero-order chi connectivity index (χ0) is 13.9. The molecule has 0 aliphatic rings. The summed E-state index contributed by atoms with van der Waals surface area (Å²) in [7, 11) is 0. The summed E-state index contributed by atoms with van der Waals surface area (Å²) in [6.07, 6.45) is 0. The molecule has 0 saturated carbocycles. The predicted molar refractivity (Wildman–Crippen MR) is 76.7 cm³/mol. The number of amides is 1. The number of nitrogens with one attached hydrogen (secondary N) is 1. The highest BCUT2D eigenvalue weighted by molar-refractivity contribution is 7.09. The van der Waals surface area contributed by atoms with E-state index in [1.807, 2.05) is 37.3 Å². The molecular formula is C14H17N3OS. The van der Waals surface area contributed by atoms with E-state index in [0.717, 1.165) is 16.1 Å². The first kappa shape index (κ1) is 13.7. The summed E-state index contributed by atoms with van der Waals surface area (Å²) in [4.78, 5) is 17.4. The van der Waals surface area contributed by atoms with Gasteiger partial charge in [0.2, 0.25) is 5.91 Å². The van der Waals surface area contributed by atoms with Gasteiger partial charge in [0.15, 0.2) is 0 Å². The summed E-state index contributed by atoms with van der Waals surface area (Å²) in [6.45, 7) is 4.11. The lowest BCUT2D eigenvalue weighted by Crippen LogP contribution is -2.48. The number of nitrogens with two attached hydrogens (primary N) is 1. The predicted octanol–water partition coefficient (Wildman–Crippen LogP) is 1.94. The highest BCUT2D eigenvalue weighted by Crippen LogP contribution is 2.18. The molecule has 1 aromatic heterocycles. The highest BCUT2D eigenvalue weighted by Gasteiger charge is 2.30. The van der Waals surface area contributed by atoms with Crippen molar-refractivity contribution in [2.75, 3.05) is 0 Å². The zero-order valence-electron chi connectivity index (χ0n) is 11.0. The van der Waals surface area contributed by atoms with Crippen molar-refractivity contribution in [2.45, 2.75) is 25.9 Å². The summed E-state index contributed by atoms with van der Waals surface area (Å²) in [5.41, 5.74) is 8.63. The van der Waals surface area contributed by atoms with E-state index in [-0.39, 0.29) is 5.91 Å². The molecule has 0 bridgehead atoms. The fourth-order valence-corrected chi connectivity index (χ4v) is 2.47. The van der Waals surface area contributed by atoms with Gasteiger partial charge in [0.25, 0.3) is 0 Å². The standard InChI is InChI=1S/C14H17N3OS/c1-10-12(19-9-17-10)8-16-13(18)14(2,15)11-6-4-3-5-7-11/h3-7,9H,8,15H2,1-2H3,(H,16,18). The van der Waals surface area contributed by atoms with Crippen LogP contribution in [-0.4, -0.2) is 10.9 Å². The van der Waals surface area contributed by atoms with Crippen LogP contribution in [0.1, 0.15) is 23.1 Å². The molecule has 1 heterocycles. The first-order valence-corrected chi connectivity index (χ1v) is 6.91. The van der Waals surface area contributed by atoms with Crippen LogP contribution < -0.4 is 11.1 Å². The van der Waals surface area contributed by atoms with Crippen molar-refractivity contribution < 1.29 is 4.79 Å². The van der Waals surface area contributed by atoms with Gasteiger partial charge in [-0.3, -0.25) is 4.79 Å². The largest absolute Gasteiger partial charge is 0.349 e. The van der Waals surface area contributed by atoms with Gasteiger partial charge >= 0.3 is 0 Å². The molecule has 0 spiro atoms. The molecule has 100 valence electrons. The number of carbonyl (C=O) groups excluding carboxylic acids is 1. The van der Waals surface area contributed by atoms with Crippen molar-refractivity contribution in [3.05, 3.63) is 52.0 Å². The molecule has 1 unspecified atom stereocenters. The Bertz CT molecular complexity index is 563. The third-order valence-corrected chi connectivity index (χ3v) is 4.03. The number of hydrogen-bond acceptors (Lipinski definition) is 4. The van der Waals surface area contributed by atoms with Gasteiger partial charge in [0, 0.05) is 4.88 Å². The number of thiazole rings is 1. The van der Waals surface area contributed by atoms with Gasteiger partial charge in [-0.1, -0.05) is 30.3 Å². The molecule has 4 nitrogen and oxygen atoms in total. The SMILES string of the molecule is Cc1ncsc1CNC(=O)C(C)(N)c1ccccc1. The van der Waals surface area contributed by atoms with E-state index in [1.165, 1.54) is 11.3 Å². The summed E-state index contributed by atoms with van der Waals surface area (Å²) >= 11 is 1.53.